The lowest BCUT2D eigenvalue weighted by molar-refractivity contribution is 0.238. The molecule has 2 aromatic rings. The summed E-state index contributed by atoms with van der Waals surface area (Å²) in [7, 11) is 0. The van der Waals surface area contributed by atoms with Crippen LogP contribution in [0.4, 0.5) is 4.39 Å². The minimum Gasteiger partial charge on any atom is -0.488 e. The summed E-state index contributed by atoms with van der Waals surface area (Å²) in [6, 6.07) is 12.6. The highest BCUT2D eigenvalue weighted by Crippen LogP contribution is 2.29. The summed E-state index contributed by atoms with van der Waals surface area (Å²) >= 11 is 3.53. The number of nitrogens with one attached hydrogen (secondary N) is 1. The van der Waals surface area contributed by atoms with Crippen molar-refractivity contribution in [2.75, 3.05) is 0 Å². The van der Waals surface area contributed by atoms with Crippen LogP contribution in [0.5, 0.6) is 5.75 Å². The van der Waals surface area contributed by atoms with Crippen LogP contribution < -0.4 is 10.1 Å². The predicted octanol–water partition coefficient (Wildman–Crippen LogP) is 6.47. The van der Waals surface area contributed by atoms with Gasteiger partial charge in [-0.15, -0.1) is 0 Å². The van der Waals surface area contributed by atoms with E-state index in [1.807, 2.05) is 18.2 Å². The molecular formula is C22H29BrFNO. The van der Waals surface area contributed by atoms with Gasteiger partial charge < -0.3 is 10.1 Å². The average molecular weight is 422 g/mol. The molecule has 0 aliphatic carbocycles. The third-order valence-corrected chi connectivity index (χ3v) is 4.59. The Labute approximate surface area is 165 Å². The molecule has 2 rings (SSSR count). The summed E-state index contributed by atoms with van der Waals surface area (Å²) < 4.78 is 20.7. The monoisotopic (exact) mass is 421 g/mol. The Kier molecular flexibility index (Phi) is 6.86. The zero-order chi connectivity index (χ0) is 19.4. The highest BCUT2D eigenvalue weighted by molar-refractivity contribution is 9.10. The molecule has 0 atom stereocenters. The lowest BCUT2D eigenvalue weighted by Gasteiger charge is -2.33. The maximum absolute atomic E-state index is 13.8. The van der Waals surface area contributed by atoms with Crippen molar-refractivity contribution >= 4 is 15.9 Å². The van der Waals surface area contributed by atoms with Crippen LogP contribution in [0.1, 0.15) is 52.2 Å². The fourth-order valence-electron chi connectivity index (χ4n) is 3.32. The summed E-state index contributed by atoms with van der Waals surface area (Å²) in [5.74, 6) is 0.533. The van der Waals surface area contributed by atoms with E-state index in [9.17, 15) is 4.39 Å². The molecule has 1 N–H and O–H groups in total. The number of ether oxygens (including phenoxy) is 1. The van der Waals surface area contributed by atoms with Crippen LogP contribution >= 0.6 is 15.9 Å². The molecule has 0 unspecified atom stereocenters. The largest absolute Gasteiger partial charge is 0.488 e. The van der Waals surface area contributed by atoms with Crippen LogP contribution in [0.3, 0.4) is 0 Å². The standard InChI is InChI=1S/C22H29BrFNO/c1-21(2,3)15-22(4,5)25-13-17-12-18(23)10-11-20(17)26-14-16-8-6-7-9-19(16)24/h6-12,25H,13-15H2,1-5H3. The van der Waals surface area contributed by atoms with Gasteiger partial charge in [0.15, 0.2) is 0 Å². The maximum atomic E-state index is 13.8. The molecule has 0 aliphatic heterocycles. The van der Waals surface area contributed by atoms with Crippen molar-refractivity contribution in [2.45, 2.75) is 59.7 Å². The number of halogens is 2. The van der Waals surface area contributed by atoms with E-state index in [0.717, 1.165) is 22.2 Å². The first kappa shape index (κ1) is 20.9. The molecule has 0 amide bonds. The Morgan fingerprint density at radius 2 is 1.69 bits per heavy atom. The molecule has 0 aromatic heterocycles. The lowest BCUT2D eigenvalue weighted by Crippen LogP contribution is -2.41. The highest BCUT2D eigenvalue weighted by atomic mass is 79.9. The molecule has 2 nitrogen and oxygen atoms in total. The zero-order valence-corrected chi connectivity index (χ0v) is 17.9. The predicted molar refractivity (Wildman–Crippen MR) is 110 cm³/mol. The topological polar surface area (TPSA) is 21.3 Å². The van der Waals surface area contributed by atoms with Gasteiger partial charge in [0.05, 0.1) is 0 Å². The van der Waals surface area contributed by atoms with Crippen LogP contribution in [0.2, 0.25) is 0 Å². The van der Waals surface area contributed by atoms with E-state index in [-0.39, 0.29) is 23.4 Å². The van der Waals surface area contributed by atoms with Crippen LogP contribution in [-0.2, 0) is 13.2 Å². The van der Waals surface area contributed by atoms with Crippen LogP contribution in [0.15, 0.2) is 46.9 Å². The van der Waals surface area contributed by atoms with Gasteiger partial charge in [0, 0.05) is 27.7 Å². The van der Waals surface area contributed by atoms with Crippen LogP contribution in [0, 0.1) is 11.2 Å². The van der Waals surface area contributed by atoms with E-state index in [1.54, 1.807) is 12.1 Å². The summed E-state index contributed by atoms with van der Waals surface area (Å²) in [5.41, 5.74) is 1.86. The molecule has 142 valence electrons. The number of hydrogen-bond acceptors (Lipinski definition) is 2. The first-order valence-corrected chi connectivity index (χ1v) is 9.75. The van der Waals surface area contributed by atoms with E-state index in [1.165, 1.54) is 6.07 Å². The normalized spacial score (nSPS) is 12.3. The minimum absolute atomic E-state index is 0.00335. The first-order chi connectivity index (χ1) is 12.1. The fourth-order valence-corrected chi connectivity index (χ4v) is 3.73. The van der Waals surface area contributed by atoms with Gasteiger partial charge in [0.2, 0.25) is 0 Å². The van der Waals surface area contributed by atoms with E-state index >= 15 is 0 Å². The fraction of sp³-hybridized carbons (Fsp3) is 0.455. The van der Waals surface area contributed by atoms with Gasteiger partial charge in [-0.1, -0.05) is 54.9 Å². The Hall–Kier alpha value is -1.39. The summed E-state index contributed by atoms with van der Waals surface area (Å²) in [4.78, 5) is 0. The molecular weight excluding hydrogens is 393 g/mol. The SMILES string of the molecule is CC(C)(C)CC(C)(C)NCc1cc(Br)ccc1OCc1ccccc1F. The Morgan fingerprint density at radius 1 is 1.00 bits per heavy atom. The van der Waals surface area contributed by atoms with E-state index < -0.39 is 0 Å². The van der Waals surface area contributed by atoms with Crippen molar-refractivity contribution in [3.63, 3.8) is 0 Å². The molecule has 0 saturated carbocycles. The molecule has 0 aliphatic rings. The van der Waals surface area contributed by atoms with Gasteiger partial charge in [-0.25, -0.2) is 4.39 Å². The van der Waals surface area contributed by atoms with Gasteiger partial charge in [-0.3, -0.25) is 0 Å². The second-order valence-corrected chi connectivity index (χ2v) is 9.52. The second-order valence-electron chi connectivity index (χ2n) is 8.61. The summed E-state index contributed by atoms with van der Waals surface area (Å²) in [5, 5.41) is 3.63. The minimum atomic E-state index is -0.240. The van der Waals surface area contributed by atoms with Crippen molar-refractivity contribution in [2.24, 2.45) is 5.41 Å². The van der Waals surface area contributed by atoms with E-state index in [2.05, 4.69) is 61.9 Å². The molecule has 0 heterocycles. The average Bonchev–Trinajstić information content (AvgIpc) is 2.51. The first-order valence-electron chi connectivity index (χ1n) is 8.95. The molecule has 4 heteroatoms. The van der Waals surface area contributed by atoms with Gasteiger partial charge in [0.1, 0.15) is 18.2 Å². The molecule has 0 spiro atoms. The summed E-state index contributed by atoms with van der Waals surface area (Å²) in [6.07, 6.45) is 1.05. The highest BCUT2D eigenvalue weighted by Gasteiger charge is 2.25. The van der Waals surface area contributed by atoms with Crippen LogP contribution in [0.25, 0.3) is 0 Å². The van der Waals surface area contributed by atoms with Gasteiger partial charge in [0.25, 0.3) is 0 Å². The van der Waals surface area contributed by atoms with Crippen molar-refractivity contribution in [1.29, 1.82) is 0 Å². The molecule has 2 aromatic carbocycles. The van der Waals surface area contributed by atoms with E-state index in [0.29, 0.717) is 12.1 Å². The Bertz CT molecular complexity index is 737. The molecule has 0 fully saturated rings. The summed E-state index contributed by atoms with van der Waals surface area (Å²) in [6.45, 7) is 12.1. The zero-order valence-electron chi connectivity index (χ0n) is 16.3. The van der Waals surface area contributed by atoms with E-state index in [4.69, 9.17) is 4.74 Å². The number of benzene rings is 2. The van der Waals surface area contributed by atoms with Crippen molar-refractivity contribution < 1.29 is 9.13 Å². The van der Waals surface area contributed by atoms with Crippen molar-refractivity contribution in [1.82, 2.24) is 5.32 Å². The Morgan fingerprint density at radius 3 is 2.35 bits per heavy atom. The smallest absolute Gasteiger partial charge is 0.129 e. The third kappa shape index (κ3) is 6.73. The Balaban J connectivity index is 2.08. The van der Waals surface area contributed by atoms with Crippen molar-refractivity contribution in [3.05, 3.63) is 63.9 Å². The van der Waals surface area contributed by atoms with Gasteiger partial charge in [-0.05, 0) is 49.9 Å². The third-order valence-electron chi connectivity index (χ3n) is 4.09. The lowest BCUT2D eigenvalue weighted by atomic mass is 9.82. The number of hydrogen-bond donors (Lipinski definition) is 1. The maximum Gasteiger partial charge on any atom is 0.129 e. The second kappa shape index (κ2) is 8.53. The molecule has 0 saturated heterocycles. The van der Waals surface area contributed by atoms with Crippen molar-refractivity contribution in [3.8, 4) is 5.75 Å². The molecule has 0 radical (unpaired) electrons. The molecule has 26 heavy (non-hydrogen) atoms. The number of rotatable bonds is 7. The van der Waals surface area contributed by atoms with Crippen LogP contribution in [-0.4, -0.2) is 5.54 Å². The van der Waals surface area contributed by atoms with Gasteiger partial charge >= 0.3 is 0 Å². The molecule has 0 bridgehead atoms. The quantitative estimate of drug-likeness (QED) is 0.552. The van der Waals surface area contributed by atoms with Gasteiger partial charge in [-0.2, -0.15) is 0 Å².